The van der Waals surface area contributed by atoms with Gasteiger partial charge in [-0.15, -0.1) is 0 Å². The average molecular weight is 281 g/mol. The summed E-state index contributed by atoms with van der Waals surface area (Å²) >= 11 is 5.90. The van der Waals surface area contributed by atoms with Gasteiger partial charge in [-0.25, -0.2) is 4.98 Å². The van der Waals surface area contributed by atoms with Gasteiger partial charge >= 0.3 is 0 Å². The molecule has 2 aromatic rings. The minimum Gasteiger partial charge on any atom is -0.369 e. The highest BCUT2D eigenvalue weighted by Gasteiger charge is 2.40. The summed E-state index contributed by atoms with van der Waals surface area (Å²) in [5.74, 6) is 0.369. The van der Waals surface area contributed by atoms with Crippen LogP contribution in [0.3, 0.4) is 0 Å². The van der Waals surface area contributed by atoms with Gasteiger partial charge in [0.1, 0.15) is 5.52 Å². The lowest BCUT2D eigenvalue weighted by atomic mass is 9.89. The van der Waals surface area contributed by atoms with Gasteiger partial charge in [-0.3, -0.25) is 4.79 Å². The second kappa shape index (κ2) is 4.06. The quantitative estimate of drug-likeness (QED) is 0.789. The van der Waals surface area contributed by atoms with Crippen molar-refractivity contribution >= 4 is 34.5 Å². The first-order chi connectivity index (χ1) is 8.99. The van der Waals surface area contributed by atoms with Crippen LogP contribution >= 0.6 is 11.6 Å². The highest BCUT2D eigenvalue weighted by Crippen LogP contribution is 2.34. The molecule has 0 saturated carbocycles. The molecule has 0 aromatic carbocycles. The van der Waals surface area contributed by atoms with Crippen LogP contribution in [0.2, 0.25) is 5.28 Å². The highest BCUT2D eigenvalue weighted by molar-refractivity contribution is 6.28. The number of carbonyl (C=O) groups is 1. The monoisotopic (exact) mass is 280 g/mol. The molecular formula is C11H13ClN6O. The Kier molecular flexibility index (Phi) is 2.60. The Labute approximate surface area is 114 Å². The summed E-state index contributed by atoms with van der Waals surface area (Å²) < 4.78 is 0. The SMILES string of the molecule is CC1(C(N)=O)CCN(c2nc(Cl)nc3nc[nH]c23)C1. The molecule has 0 spiro atoms. The van der Waals surface area contributed by atoms with Crippen LogP contribution in [0.15, 0.2) is 6.33 Å². The van der Waals surface area contributed by atoms with E-state index in [2.05, 4.69) is 19.9 Å². The topological polar surface area (TPSA) is 101 Å². The first kappa shape index (κ1) is 12.2. The Bertz CT molecular complexity index is 656. The van der Waals surface area contributed by atoms with Crippen LogP contribution in [0, 0.1) is 5.41 Å². The number of imidazole rings is 1. The fraction of sp³-hybridized carbons (Fsp3) is 0.455. The number of fused-ring (bicyclic) bond motifs is 1. The molecule has 19 heavy (non-hydrogen) atoms. The molecule has 1 saturated heterocycles. The molecule has 1 fully saturated rings. The standard InChI is InChI=1S/C11H13ClN6O/c1-11(9(13)19)2-3-18(4-11)8-6-7(15-5-14-6)16-10(12)17-8/h5H,2-4H2,1H3,(H2,13,19)(H,14,15,16,17). The van der Waals surface area contributed by atoms with E-state index in [1.54, 1.807) is 6.33 Å². The zero-order valence-corrected chi connectivity index (χ0v) is 11.1. The third-order valence-electron chi connectivity index (χ3n) is 3.61. The minimum atomic E-state index is -0.538. The fourth-order valence-corrected chi connectivity index (χ4v) is 2.52. The van der Waals surface area contributed by atoms with Gasteiger partial charge in [0.2, 0.25) is 11.2 Å². The summed E-state index contributed by atoms with van der Waals surface area (Å²) in [6.45, 7) is 3.08. The van der Waals surface area contributed by atoms with E-state index in [0.29, 0.717) is 31.0 Å². The van der Waals surface area contributed by atoms with E-state index in [-0.39, 0.29) is 11.2 Å². The van der Waals surface area contributed by atoms with Gasteiger partial charge in [-0.05, 0) is 24.9 Å². The maximum absolute atomic E-state index is 11.5. The molecule has 2 aromatic heterocycles. The molecule has 3 rings (SSSR count). The molecule has 0 aliphatic carbocycles. The summed E-state index contributed by atoms with van der Waals surface area (Å²) in [5, 5.41) is 0.141. The molecule has 100 valence electrons. The molecule has 1 aliphatic rings. The number of hydrogen-bond donors (Lipinski definition) is 2. The molecule has 3 N–H and O–H groups in total. The number of nitrogens with zero attached hydrogens (tertiary/aromatic N) is 4. The maximum atomic E-state index is 11.5. The second-order valence-electron chi connectivity index (χ2n) is 5.01. The summed E-state index contributed by atoms with van der Waals surface area (Å²) in [6.07, 6.45) is 2.24. The largest absolute Gasteiger partial charge is 0.369 e. The van der Waals surface area contributed by atoms with Crippen molar-refractivity contribution in [1.29, 1.82) is 0 Å². The van der Waals surface area contributed by atoms with Crippen LogP contribution in [0.4, 0.5) is 5.82 Å². The van der Waals surface area contributed by atoms with Crippen LogP contribution in [0.5, 0.6) is 0 Å². The third kappa shape index (κ3) is 1.90. The Balaban J connectivity index is 2.02. The Morgan fingerprint density at radius 2 is 2.37 bits per heavy atom. The molecule has 0 radical (unpaired) electrons. The Hall–Kier alpha value is -1.89. The van der Waals surface area contributed by atoms with E-state index in [9.17, 15) is 4.79 Å². The Morgan fingerprint density at radius 1 is 1.58 bits per heavy atom. The van der Waals surface area contributed by atoms with E-state index < -0.39 is 5.41 Å². The molecule has 8 heteroatoms. The predicted molar refractivity (Wildman–Crippen MR) is 70.8 cm³/mol. The fourth-order valence-electron chi connectivity index (χ4n) is 2.36. The highest BCUT2D eigenvalue weighted by atomic mass is 35.5. The minimum absolute atomic E-state index is 0.141. The first-order valence-electron chi connectivity index (χ1n) is 5.91. The molecule has 3 heterocycles. The van der Waals surface area contributed by atoms with Crippen molar-refractivity contribution in [3.05, 3.63) is 11.6 Å². The lowest BCUT2D eigenvalue weighted by Crippen LogP contribution is -2.37. The first-order valence-corrected chi connectivity index (χ1v) is 6.29. The van der Waals surface area contributed by atoms with E-state index >= 15 is 0 Å². The zero-order valence-electron chi connectivity index (χ0n) is 10.4. The van der Waals surface area contributed by atoms with Crippen molar-refractivity contribution in [2.24, 2.45) is 11.1 Å². The van der Waals surface area contributed by atoms with Gasteiger partial charge in [0.15, 0.2) is 11.5 Å². The lowest BCUT2D eigenvalue weighted by Gasteiger charge is -2.21. The smallest absolute Gasteiger partial charge is 0.226 e. The van der Waals surface area contributed by atoms with Gasteiger partial charge < -0.3 is 15.6 Å². The molecule has 7 nitrogen and oxygen atoms in total. The van der Waals surface area contributed by atoms with E-state index in [1.165, 1.54) is 0 Å². The van der Waals surface area contributed by atoms with E-state index in [1.807, 2.05) is 11.8 Å². The molecule has 1 unspecified atom stereocenters. The normalized spacial score (nSPS) is 23.2. The number of primary amides is 1. The van der Waals surface area contributed by atoms with Crippen molar-refractivity contribution in [3.8, 4) is 0 Å². The van der Waals surface area contributed by atoms with Crippen molar-refractivity contribution in [2.75, 3.05) is 18.0 Å². The number of aromatic amines is 1. The Morgan fingerprint density at radius 3 is 3.05 bits per heavy atom. The number of hydrogen-bond acceptors (Lipinski definition) is 5. The van der Waals surface area contributed by atoms with Gasteiger partial charge in [0, 0.05) is 13.1 Å². The number of nitrogens with one attached hydrogen (secondary N) is 1. The number of H-pyrrole nitrogens is 1. The zero-order chi connectivity index (χ0) is 13.6. The van der Waals surface area contributed by atoms with Crippen molar-refractivity contribution in [2.45, 2.75) is 13.3 Å². The van der Waals surface area contributed by atoms with Crippen molar-refractivity contribution in [3.63, 3.8) is 0 Å². The number of rotatable bonds is 2. The van der Waals surface area contributed by atoms with Crippen LogP contribution in [0.25, 0.3) is 11.2 Å². The van der Waals surface area contributed by atoms with Crippen molar-refractivity contribution in [1.82, 2.24) is 19.9 Å². The second-order valence-corrected chi connectivity index (χ2v) is 5.35. The maximum Gasteiger partial charge on any atom is 0.226 e. The summed E-state index contributed by atoms with van der Waals surface area (Å²) in [6, 6.07) is 0. The van der Waals surface area contributed by atoms with Gasteiger partial charge in [-0.2, -0.15) is 9.97 Å². The molecule has 1 aliphatic heterocycles. The van der Waals surface area contributed by atoms with E-state index in [0.717, 1.165) is 5.52 Å². The molecular weight excluding hydrogens is 268 g/mol. The summed E-state index contributed by atoms with van der Waals surface area (Å²) in [4.78, 5) is 28.8. The number of amides is 1. The van der Waals surface area contributed by atoms with Crippen LogP contribution in [0.1, 0.15) is 13.3 Å². The van der Waals surface area contributed by atoms with Crippen LogP contribution < -0.4 is 10.6 Å². The van der Waals surface area contributed by atoms with Crippen molar-refractivity contribution < 1.29 is 4.79 Å². The third-order valence-corrected chi connectivity index (χ3v) is 3.78. The van der Waals surface area contributed by atoms with E-state index in [4.69, 9.17) is 17.3 Å². The van der Waals surface area contributed by atoms with Gasteiger partial charge in [0.05, 0.1) is 11.7 Å². The molecule has 0 bridgehead atoms. The number of carbonyl (C=O) groups excluding carboxylic acids is 1. The van der Waals surface area contributed by atoms with Crippen LogP contribution in [-0.4, -0.2) is 38.9 Å². The molecule has 1 atom stereocenters. The number of anilines is 1. The van der Waals surface area contributed by atoms with Crippen LogP contribution in [-0.2, 0) is 4.79 Å². The number of nitrogens with two attached hydrogens (primary N) is 1. The number of aromatic nitrogens is 4. The average Bonchev–Trinajstić information content (AvgIpc) is 2.95. The summed E-state index contributed by atoms with van der Waals surface area (Å²) in [7, 11) is 0. The number of halogens is 1. The summed E-state index contributed by atoms with van der Waals surface area (Å²) in [5.41, 5.74) is 6.15. The molecule has 1 amide bonds. The van der Waals surface area contributed by atoms with Gasteiger partial charge in [0.25, 0.3) is 0 Å². The van der Waals surface area contributed by atoms with Gasteiger partial charge in [-0.1, -0.05) is 0 Å². The predicted octanol–water partition coefficient (Wildman–Crippen LogP) is 0.708. The lowest BCUT2D eigenvalue weighted by molar-refractivity contribution is -0.125.